The molecule has 1 fully saturated rings. The topological polar surface area (TPSA) is 42.7 Å². The molecule has 0 bridgehead atoms. The second kappa shape index (κ2) is 6.62. The van der Waals surface area contributed by atoms with E-state index in [1.807, 2.05) is 10.9 Å². The third-order valence-electron chi connectivity index (χ3n) is 3.51. The van der Waals surface area contributed by atoms with Crippen molar-refractivity contribution in [1.29, 1.82) is 0 Å². The number of anilines is 1. The smallest absolute Gasteiger partial charge is 0.145 e. The number of nitrogens with one attached hydrogen (secondary N) is 1. The maximum Gasteiger partial charge on any atom is 0.145 e. The zero-order chi connectivity index (χ0) is 11.9. The molecule has 0 aliphatic heterocycles. The predicted octanol–water partition coefficient (Wildman–Crippen LogP) is 3.21. The molecule has 0 unspecified atom stereocenters. The number of hydrogen-bond donors (Lipinski definition) is 1. The molecule has 1 N–H and O–H groups in total. The molecule has 0 saturated heterocycles. The summed E-state index contributed by atoms with van der Waals surface area (Å²) in [6.45, 7) is 3.12. The number of nitrogens with zero attached hydrogens (tertiary/aromatic N) is 3. The summed E-state index contributed by atoms with van der Waals surface area (Å²) < 4.78 is 1.98. The summed E-state index contributed by atoms with van der Waals surface area (Å²) in [6, 6.07) is 0.615. The lowest BCUT2D eigenvalue weighted by molar-refractivity contribution is 0.467. The Bertz CT molecular complexity index is 313. The Morgan fingerprint density at radius 3 is 2.65 bits per heavy atom. The highest BCUT2D eigenvalue weighted by Crippen LogP contribution is 2.20. The van der Waals surface area contributed by atoms with Crippen LogP contribution in [0.15, 0.2) is 6.20 Å². The summed E-state index contributed by atoms with van der Waals surface area (Å²) in [5, 5.41) is 11.7. The average molecular weight is 236 g/mol. The quantitative estimate of drug-likeness (QED) is 0.873. The molecule has 17 heavy (non-hydrogen) atoms. The van der Waals surface area contributed by atoms with Crippen LogP contribution in [0.1, 0.15) is 58.3 Å². The minimum atomic E-state index is 0.615. The van der Waals surface area contributed by atoms with Crippen LogP contribution in [0.3, 0.4) is 0 Å². The van der Waals surface area contributed by atoms with Crippen LogP contribution in [0.5, 0.6) is 0 Å². The Hall–Kier alpha value is -1.06. The van der Waals surface area contributed by atoms with E-state index in [0.717, 1.165) is 18.8 Å². The molecule has 0 radical (unpaired) electrons. The largest absolute Gasteiger partial charge is 0.366 e. The van der Waals surface area contributed by atoms with Gasteiger partial charge < -0.3 is 5.32 Å². The van der Waals surface area contributed by atoms with Crippen LogP contribution in [0.4, 0.5) is 5.82 Å². The number of hydrogen-bond acceptors (Lipinski definition) is 3. The average Bonchev–Trinajstić information content (AvgIpc) is 2.70. The van der Waals surface area contributed by atoms with E-state index in [-0.39, 0.29) is 0 Å². The summed E-state index contributed by atoms with van der Waals surface area (Å²) in [4.78, 5) is 0. The zero-order valence-corrected chi connectivity index (χ0v) is 10.9. The van der Waals surface area contributed by atoms with Gasteiger partial charge in [-0.15, -0.1) is 5.10 Å². The van der Waals surface area contributed by atoms with Gasteiger partial charge in [0.15, 0.2) is 0 Å². The standard InChI is InChI=1S/C13H24N4/c1-2-10-17-13(11-14-16-17)15-12-8-6-4-3-5-7-9-12/h11-12,15H,2-10H2,1H3. The lowest BCUT2D eigenvalue weighted by Crippen LogP contribution is -2.22. The maximum absolute atomic E-state index is 4.12. The van der Waals surface area contributed by atoms with Crippen LogP contribution in [-0.2, 0) is 6.54 Å². The van der Waals surface area contributed by atoms with Gasteiger partial charge in [0.1, 0.15) is 5.82 Å². The van der Waals surface area contributed by atoms with Gasteiger partial charge in [0, 0.05) is 12.6 Å². The van der Waals surface area contributed by atoms with Gasteiger partial charge in [0.05, 0.1) is 6.20 Å². The number of rotatable bonds is 4. The van der Waals surface area contributed by atoms with Crippen LogP contribution < -0.4 is 5.32 Å². The van der Waals surface area contributed by atoms with Gasteiger partial charge in [-0.25, -0.2) is 4.68 Å². The first-order valence-corrected chi connectivity index (χ1v) is 7.05. The lowest BCUT2D eigenvalue weighted by atomic mass is 9.97. The van der Waals surface area contributed by atoms with Crippen molar-refractivity contribution >= 4 is 5.82 Å². The first kappa shape index (κ1) is 12.4. The molecule has 4 nitrogen and oxygen atoms in total. The highest BCUT2D eigenvalue weighted by atomic mass is 15.5. The molecule has 1 saturated carbocycles. The van der Waals surface area contributed by atoms with E-state index in [9.17, 15) is 0 Å². The van der Waals surface area contributed by atoms with Gasteiger partial charge in [-0.1, -0.05) is 44.2 Å². The van der Waals surface area contributed by atoms with Gasteiger partial charge >= 0.3 is 0 Å². The van der Waals surface area contributed by atoms with E-state index in [1.54, 1.807) is 0 Å². The predicted molar refractivity (Wildman–Crippen MR) is 70.0 cm³/mol. The molecule has 0 atom stereocenters. The van der Waals surface area contributed by atoms with Crippen molar-refractivity contribution < 1.29 is 0 Å². The third-order valence-corrected chi connectivity index (χ3v) is 3.51. The first-order chi connectivity index (χ1) is 8.40. The lowest BCUT2D eigenvalue weighted by Gasteiger charge is -2.21. The van der Waals surface area contributed by atoms with Crippen LogP contribution in [0.25, 0.3) is 0 Å². The second-order valence-electron chi connectivity index (χ2n) is 5.03. The molecule has 1 aromatic heterocycles. The van der Waals surface area contributed by atoms with Crippen LogP contribution >= 0.6 is 0 Å². The Labute approximate surface area is 104 Å². The Morgan fingerprint density at radius 2 is 1.94 bits per heavy atom. The summed E-state index contributed by atoms with van der Waals surface area (Å²) in [5.41, 5.74) is 0. The van der Waals surface area contributed by atoms with Gasteiger partial charge in [-0.3, -0.25) is 0 Å². The summed E-state index contributed by atoms with van der Waals surface area (Å²) >= 11 is 0. The van der Waals surface area contributed by atoms with E-state index in [4.69, 9.17) is 0 Å². The van der Waals surface area contributed by atoms with Gasteiger partial charge in [0.25, 0.3) is 0 Å². The molecule has 4 heteroatoms. The fraction of sp³-hybridized carbons (Fsp3) is 0.846. The van der Waals surface area contributed by atoms with Crippen molar-refractivity contribution in [3.63, 3.8) is 0 Å². The van der Waals surface area contributed by atoms with Gasteiger partial charge in [0.2, 0.25) is 0 Å². The van der Waals surface area contributed by atoms with E-state index in [1.165, 1.54) is 44.9 Å². The SMILES string of the molecule is CCCn1nncc1NC1CCCCCCC1. The molecule has 96 valence electrons. The van der Waals surface area contributed by atoms with Crippen molar-refractivity contribution in [3.05, 3.63) is 6.20 Å². The molecule has 1 aliphatic rings. The minimum absolute atomic E-state index is 0.615. The van der Waals surface area contributed by atoms with Crippen molar-refractivity contribution in [2.24, 2.45) is 0 Å². The first-order valence-electron chi connectivity index (χ1n) is 7.05. The summed E-state index contributed by atoms with van der Waals surface area (Å²) in [6.07, 6.45) is 12.4. The highest BCUT2D eigenvalue weighted by Gasteiger charge is 2.13. The molecular weight excluding hydrogens is 212 g/mol. The Morgan fingerprint density at radius 1 is 1.24 bits per heavy atom. The Kier molecular flexibility index (Phi) is 4.83. The molecule has 0 spiro atoms. The summed E-state index contributed by atoms with van der Waals surface area (Å²) in [5.74, 6) is 1.09. The monoisotopic (exact) mass is 236 g/mol. The third kappa shape index (κ3) is 3.72. The molecule has 1 heterocycles. The van der Waals surface area contributed by atoms with Crippen LogP contribution in [-0.4, -0.2) is 21.0 Å². The van der Waals surface area contributed by atoms with Crippen molar-refractivity contribution in [3.8, 4) is 0 Å². The van der Waals surface area contributed by atoms with E-state index < -0.39 is 0 Å². The van der Waals surface area contributed by atoms with Crippen molar-refractivity contribution in [2.45, 2.75) is 70.9 Å². The number of aromatic nitrogens is 3. The molecule has 0 amide bonds. The van der Waals surface area contributed by atoms with Crippen molar-refractivity contribution in [2.75, 3.05) is 5.32 Å². The molecule has 2 rings (SSSR count). The normalized spacial score (nSPS) is 18.6. The van der Waals surface area contributed by atoms with Crippen molar-refractivity contribution in [1.82, 2.24) is 15.0 Å². The highest BCUT2D eigenvalue weighted by molar-refractivity contribution is 5.32. The molecule has 1 aliphatic carbocycles. The van der Waals surface area contributed by atoms with Gasteiger partial charge in [-0.2, -0.15) is 0 Å². The summed E-state index contributed by atoms with van der Waals surface area (Å²) in [7, 11) is 0. The minimum Gasteiger partial charge on any atom is -0.366 e. The van der Waals surface area contributed by atoms with Crippen LogP contribution in [0, 0.1) is 0 Å². The molecule has 1 aromatic rings. The maximum atomic E-state index is 4.12. The zero-order valence-electron chi connectivity index (χ0n) is 10.9. The van der Waals surface area contributed by atoms with E-state index >= 15 is 0 Å². The van der Waals surface area contributed by atoms with Gasteiger partial charge in [-0.05, 0) is 19.3 Å². The fourth-order valence-corrected chi connectivity index (χ4v) is 2.56. The Balaban J connectivity index is 1.91. The fourth-order valence-electron chi connectivity index (χ4n) is 2.56. The number of aryl methyl sites for hydroxylation is 1. The van der Waals surface area contributed by atoms with E-state index in [0.29, 0.717) is 6.04 Å². The molecule has 0 aromatic carbocycles. The molecular formula is C13H24N4. The second-order valence-corrected chi connectivity index (χ2v) is 5.03. The van der Waals surface area contributed by atoms with Crippen LogP contribution in [0.2, 0.25) is 0 Å². The van der Waals surface area contributed by atoms with E-state index in [2.05, 4.69) is 22.6 Å².